The number of aromatic nitrogens is 4. The Hall–Kier alpha value is -3.53. The molecule has 0 bridgehead atoms. The Labute approximate surface area is 358 Å². The van der Waals surface area contributed by atoms with Crippen molar-refractivity contribution >= 4 is 0 Å². The van der Waals surface area contributed by atoms with Gasteiger partial charge in [0.2, 0.25) is 0 Å². The van der Waals surface area contributed by atoms with Crippen molar-refractivity contribution in [3.8, 4) is 45.2 Å². The summed E-state index contributed by atoms with van der Waals surface area (Å²) in [5, 5.41) is 0. The van der Waals surface area contributed by atoms with Crippen LogP contribution in [0, 0.1) is 6.92 Å². The number of hydrogen-bond acceptors (Lipinski definition) is 4. The van der Waals surface area contributed by atoms with Crippen molar-refractivity contribution in [2.45, 2.75) is 162 Å². The van der Waals surface area contributed by atoms with E-state index in [0.29, 0.717) is 11.6 Å². The van der Waals surface area contributed by atoms with Gasteiger partial charge in [0.25, 0.3) is 0 Å². The standard InChI is InChI=1S/C52H67N4.Ir/c1-8-12-14-16-18-23-32-52(33-24-19-17-15-13-9-2)45-34-38(11-4)28-30-42(45)44-35-40(25-10-3)43(36-46(44)52)47-31-29-41(37-53-47)49-54-48(39-26-21-20-22-27-39)55-50(56-49)51(5,6)7;/h20-22,26-31,34-37H,3,8-19,23-25,32-33H2,1-2,4-7H3;/q-1;. The number of pyridine rings is 1. The second kappa shape index (κ2) is 20.9. The molecular formula is C52H67IrN4-. The Bertz CT molecular complexity index is 2000. The van der Waals surface area contributed by atoms with Gasteiger partial charge in [-0.2, -0.15) is 6.42 Å². The van der Waals surface area contributed by atoms with Gasteiger partial charge in [0, 0.05) is 53.8 Å². The number of hydrogen-bond donors (Lipinski definition) is 0. The molecule has 0 unspecified atom stereocenters. The molecule has 0 amide bonds. The van der Waals surface area contributed by atoms with Gasteiger partial charge in [-0.1, -0.05) is 180 Å². The minimum absolute atomic E-state index is 0. The van der Waals surface area contributed by atoms with E-state index < -0.39 is 0 Å². The van der Waals surface area contributed by atoms with Gasteiger partial charge in [-0.25, -0.2) is 15.0 Å². The summed E-state index contributed by atoms with van der Waals surface area (Å²) in [6.45, 7) is 17.7. The molecule has 5 aromatic rings. The summed E-state index contributed by atoms with van der Waals surface area (Å²) >= 11 is 0. The molecule has 2 heterocycles. The third kappa shape index (κ3) is 10.6. The average molecular weight is 940 g/mol. The molecule has 0 aliphatic heterocycles. The number of benzene rings is 3. The van der Waals surface area contributed by atoms with Crippen LogP contribution in [0.2, 0.25) is 0 Å². The van der Waals surface area contributed by atoms with Crippen LogP contribution in [0.3, 0.4) is 0 Å². The van der Waals surface area contributed by atoms with Gasteiger partial charge in [0.15, 0.2) is 11.6 Å². The zero-order valence-electron chi connectivity index (χ0n) is 35.9. The summed E-state index contributed by atoms with van der Waals surface area (Å²) in [5.41, 5.74) is 12.7. The van der Waals surface area contributed by atoms with Gasteiger partial charge < -0.3 is 6.92 Å². The molecule has 0 saturated carbocycles. The van der Waals surface area contributed by atoms with Gasteiger partial charge in [-0.05, 0) is 70.8 Å². The number of unbranched alkanes of at least 4 members (excludes halogenated alkanes) is 10. The van der Waals surface area contributed by atoms with Crippen LogP contribution in [0.4, 0.5) is 0 Å². The van der Waals surface area contributed by atoms with Crippen LogP contribution in [-0.4, -0.2) is 19.9 Å². The van der Waals surface area contributed by atoms with E-state index in [1.807, 2.05) is 24.4 Å². The molecule has 3 aromatic carbocycles. The molecule has 6 rings (SSSR count). The minimum Gasteiger partial charge on any atom is -0.343 e. The molecule has 1 aliphatic carbocycles. The summed E-state index contributed by atoms with van der Waals surface area (Å²) in [6.07, 6.45) is 23.0. The molecule has 57 heavy (non-hydrogen) atoms. The molecule has 0 fully saturated rings. The fourth-order valence-corrected chi connectivity index (χ4v) is 8.81. The fourth-order valence-electron chi connectivity index (χ4n) is 8.81. The van der Waals surface area contributed by atoms with Crippen molar-refractivity contribution in [1.29, 1.82) is 0 Å². The Morgan fingerprint density at radius 3 is 1.79 bits per heavy atom. The smallest absolute Gasteiger partial charge is 0.165 e. The van der Waals surface area contributed by atoms with Crippen LogP contribution in [0.15, 0.2) is 79.0 Å². The van der Waals surface area contributed by atoms with Crippen LogP contribution in [0.25, 0.3) is 45.2 Å². The first-order chi connectivity index (χ1) is 27.2. The van der Waals surface area contributed by atoms with Crippen molar-refractivity contribution in [3.63, 3.8) is 0 Å². The first-order valence-corrected chi connectivity index (χ1v) is 22.1. The largest absolute Gasteiger partial charge is 0.343 e. The summed E-state index contributed by atoms with van der Waals surface area (Å²) < 4.78 is 0. The molecule has 305 valence electrons. The van der Waals surface area contributed by atoms with Crippen LogP contribution in [0.5, 0.6) is 0 Å². The van der Waals surface area contributed by atoms with E-state index in [4.69, 9.17) is 19.9 Å². The summed E-state index contributed by atoms with van der Waals surface area (Å²) in [4.78, 5) is 20.1. The molecular weight excluding hydrogens is 873 g/mol. The van der Waals surface area contributed by atoms with E-state index in [1.165, 1.54) is 123 Å². The third-order valence-corrected chi connectivity index (χ3v) is 12.1. The maximum absolute atomic E-state index is 5.20. The number of nitrogens with zero attached hydrogens (tertiary/aromatic N) is 4. The normalized spacial score (nSPS) is 13.0. The second-order valence-electron chi connectivity index (χ2n) is 17.4. The van der Waals surface area contributed by atoms with E-state index in [-0.39, 0.29) is 30.9 Å². The summed E-state index contributed by atoms with van der Waals surface area (Å²) in [7, 11) is 0. The number of aryl methyl sites for hydroxylation is 2. The molecule has 0 atom stereocenters. The molecule has 4 nitrogen and oxygen atoms in total. The van der Waals surface area contributed by atoms with Crippen molar-refractivity contribution in [3.05, 3.63) is 114 Å². The molecule has 0 N–H and O–H groups in total. The minimum atomic E-state index is -0.227. The molecule has 1 aliphatic rings. The van der Waals surface area contributed by atoms with Gasteiger partial charge >= 0.3 is 0 Å². The third-order valence-electron chi connectivity index (χ3n) is 12.1. The van der Waals surface area contributed by atoms with Gasteiger partial charge in [0.05, 0.1) is 5.69 Å². The SMILES string of the molecule is [CH2-]CCc1cc2c(cc1-c1ccc(-c3nc(-c4ccccc4)nc(C(C)(C)C)n3)cn1)C(CCCCCCCC)(CCCCCCCC)c1cc(CC)ccc1-2.[Ir]. The molecule has 2 aromatic heterocycles. The zero-order chi connectivity index (χ0) is 39.5. The Balaban J connectivity index is 0.00000620. The van der Waals surface area contributed by atoms with Crippen molar-refractivity contribution in [2.75, 3.05) is 0 Å². The van der Waals surface area contributed by atoms with E-state index in [0.717, 1.165) is 41.9 Å². The van der Waals surface area contributed by atoms with Gasteiger partial charge in [-0.3, -0.25) is 4.98 Å². The van der Waals surface area contributed by atoms with Crippen molar-refractivity contribution < 1.29 is 20.1 Å². The second-order valence-corrected chi connectivity index (χ2v) is 17.4. The predicted molar refractivity (Wildman–Crippen MR) is 238 cm³/mol. The molecule has 1 radical (unpaired) electrons. The van der Waals surface area contributed by atoms with Crippen LogP contribution in [-0.2, 0) is 43.8 Å². The number of rotatable bonds is 20. The zero-order valence-corrected chi connectivity index (χ0v) is 38.3. The van der Waals surface area contributed by atoms with Crippen LogP contribution in [0.1, 0.15) is 166 Å². The van der Waals surface area contributed by atoms with E-state index in [1.54, 1.807) is 5.56 Å². The first kappa shape index (κ1) is 44.6. The topological polar surface area (TPSA) is 51.6 Å². The summed E-state index contributed by atoms with van der Waals surface area (Å²) in [5.74, 6) is 2.13. The van der Waals surface area contributed by atoms with Crippen molar-refractivity contribution in [2.24, 2.45) is 0 Å². The summed E-state index contributed by atoms with van der Waals surface area (Å²) in [6, 6.07) is 27.0. The Morgan fingerprint density at radius 2 is 1.21 bits per heavy atom. The molecule has 0 spiro atoms. The van der Waals surface area contributed by atoms with Crippen molar-refractivity contribution in [1.82, 2.24) is 19.9 Å². The van der Waals surface area contributed by atoms with E-state index in [2.05, 4.69) is 103 Å². The maximum atomic E-state index is 5.20. The van der Waals surface area contributed by atoms with E-state index in [9.17, 15) is 0 Å². The van der Waals surface area contributed by atoms with E-state index >= 15 is 0 Å². The Morgan fingerprint density at radius 1 is 0.596 bits per heavy atom. The Kier molecular flexibility index (Phi) is 16.4. The van der Waals surface area contributed by atoms with Gasteiger partial charge in [-0.15, -0.1) is 0 Å². The monoisotopic (exact) mass is 941 g/mol. The number of fused-ring (bicyclic) bond motifs is 3. The molecule has 5 heteroatoms. The van der Waals surface area contributed by atoms with Gasteiger partial charge in [0.1, 0.15) is 5.82 Å². The maximum Gasteiger partial charge on any atom is 0.165 e. The van der Waals surface area contributed by atoms with Crippen LogP contribution >= 0.6 is 0 Å². The fraction of sp³-hybridized carbons (Fsp3) is 0.481. The van der Waals surface area contributed by atoms with Crippen LogP contribution < -0.4 is 0 Å². The predicted octanol–water partition coefficient (Wildman–Crippen LogP) is 14.7. The first-order valence-electron chi connectivity index (χ1n) is 22.1. The average Bonchev–Trinajstić information content (AvgIpc) is 3.47. The quantitative estimate of drug-likeness (QED) is 0.0576. The molecule has 0 saturated heterocycles.